The number of hydrogen-bond acceptors (Lipinski definition) is 5. The van der Waals surface area contributed by atoms with Gasteiger partial charge < -0.3 is 15.6 Å². The Labute approximate surface area is 97.2 Å². The molecule has 8 heteroatoms. The lowest BCUT2D eigenvalue weighted by molar-refractivity contribution is 0.0932. The molecule has 0 spiro atoms. The van der Waals surface area contributed by atoms with Crippen molar-refractivity contribution in [3.05, 3.63) is 23.9 Å². The second kappa shape index (κ2) is 4.24. The first kappa shape index (κ1) is 11.1. The van der Waals surface area contributed by atoms with Crippen LogP contribution in [0.1, 0.15) is 29.3 Å². The molecule has 4 N–H and O–H groups in total. The maximum Gasteiger partial charge on any atom is 0.269 e. The van der Waals surface area contributed by atoms with Gasteiger partial charge in [-0.05, 0) is 6.92 Å². The third-order valence-electron chi connectivity index (χ3n) is 2.32. The highest BCUT2D eigenvalue weighted by molar-refractivity contribution is 5.93. The number of nitrogen functional groups attached to an aromatic ring is 1. The number of anilines is 1. The van der Waals surface area contributed by atoms with Crippen molar-refractivity contribution in [1.82, 2.24) is 30.3 Å². The molecule has 0 aliphatic heterocycles. The number of H-pyrrole nitrogens is 1. The van der Waals surface area contributed by atoms with Crippen molar-refractivity contribution in [3.8, 4) is 0 Å². The van der Waals surface area contributed by atoms with Crippen molar-refractivity contribution in [2.75, 3.05) is 5.73 Å². The van der Waals surface area contributed by atoms with Gasteiger partial charge in [0, 0.05) is 13.1 Å². The molecule has 0 saturated heterocycles. The summed E-state index contributed by atoms with van der Waals surface area (Å²) in [5.74, 6) is 0.664. The molecule has 1 atom stereocenters. The number of aromatic nitrogens is 5. The summed E-state index contributed by atoms with van der Waals surface area (Å²) in [5.41, 5.74) is 5.73. The van der Waals surface area contributed by atoms with Crippen LogP contribution in [-0.2, 0) is 7.05 Å². The van der Waals surface area contributed by atoms with E-state index >= 15 is 0 Å². The number of nitrogens with zero attached hydrogens (tertiary/aromatic N) is 4. The van der Waals surface area contributed by atoms with Gasteiger partial charge in [-0.1, -0.05) is 0 Å². The Morgan fingerprint density at radius 3 is 2.94 bits per heavy atom. The van der Waals surface area contributed by atoms with Gasteiger partial charge in [0.05, 0.1) is 6.04 Å². The van der Waals surface area contributed by atoms with Crippen LogP contribution < -0.4 is 11.1 Å². The minimum Gasteiger partial charge on any atom is -0.382 e. The summed E-state index contributed by atoms with van der Waals surface area (Å²) in [6.45, 7) is 1.82. The highest BCUT2D eigenvalue weighted by Crippen LogP contribution is 2.09. The maximum absolute atomic E-state index is 11.8. The van der Waals surface area contributed by atoms with Gasteiger partial charge in [0.25, 0.3) is 5.91 Å². The van der Waals surface area contributed by atoms with Gasteiger partial charge in [-0.15, -0.1) is 10.2 Å². The van der Waals surface area contributed by atoms with E-state index in [2.05, 4.69) is 25.7 Å². The van der Waals surface area contributed by atoms with Crippen LogP contribution in [0.15, 0.2) is 12.4 Å². The molecular formula is C9H13N7O. The number of hydrogen-bond donors (Lipinski definition) is 3. The lowest BCUT2D eigenvalue weighted by Gasteiger charge is -2.11. The summed E-state index contributed by atoms with van der Waals surface area (Å²) < 4.78 is 1.74. The van der Waals surface area contributed by atoms with Crippen molar-refractivity contribution < 1.29 is 4.79 Å². The van der Waals surface area contributed by atoms with Crippen molar-refractivity contribution in [2.24, 2.45) is 7.05 Å². The summed E-state index contributed by atoms with van der Waals surface area (Å²) in [5, 5.41) is 16.7. The van der Waals surface area contributed by atoms with E-state index < -0.39 is 0 Å². The number of nitrogens with one attached hydrogen (secondary N) is 2. The summed E-state index contributed by atoms with van der Waals surface area (Å²) in [6.07, 6.45) is 1.58. The first-order valence-electron chi connectivity index (χ1n) is 5.03. The van der Waals surface area contributed by atoms with Crippen LogP contribution in [0.3, 0.4) is 0 Å². The van der Waals surface area contributed by atoms with Gasteiger partial charge in [-0.2, -0.15) is 5.10 Å². The molecule has 2 heterocycles. The number of nitrogens with two attached hydrogens (primary N) is 1. The van der Waals surface area contributed by atoms with E-state index in [0.717, 1.165) is 0 Å². The second-order valence-corrected chi connectivity index (χ2v) is 3.70. The van der Waals surface area contributed by atoms with Crippen LogP contribution in [0.2, 0.25) is 0 Å². The summed E-state index contributed by atoms with van der Waals surface area (Å²) in [4.78, 5) is 11.8. The van der Waals surface area contributed by atoms with Crippen LogP contribution in [0.4, 0.5) is 5.82 Å². The summed E-state index contributed by atoms with van der Waals surface area (Å²) in [7, 11) is 1.81. The van der Waals surface area contributed by atoms with Crippen molar-refractivity contribution in [2.45, 2.75) is 13.0 Å². The molecule has 0 saturated carbocycles. The van der Waals surface area contributed by atoms with Crippen molar-refractivity contribution >= 4 is 11.7 Å². The van der Waals surface area contributed by atoms with Crippen molar-refractivity contribution in [1.29, 1.82) is 0 Å². The van der Waals surface area contributed by atoms with Crippen molar-refractivity contribution in [3.63, 3.8) is 0 Å². The van der Waals surface area contributed by atoms with Gasteiger partial charge >= 0.3 is 0 Å². The smallest absolute Gasteiger partial charge is 0.269 e. The zero-order valence-corrected chi connectivity index (χ0v) is 9.51. The lowest BCUT2D eigenvalue weighted by atomic mass is 10.3. The molecule has 8 nitrogen and oxygen atoms in total. The molecule has 90 valence electrons. The van der Waals surface area contributed by atoms with E-state index in [9.17, 15) is 4.79 Å². The van der Waals surface area contributed by atoms with Gasteiger partial charge in [0.2, 0.25) is 0 Å². The zero-order valence-electron chi connectivity index (χ0n) is 9.51. The number of carbonyl (C=O) groups is 1. The van der Waals surface area contributed by atoms with Gasteiger partial charge in [-0.3, -0.25) is 9.89 Å². The number of carbonyl (C=O) groups excluding carboxylic acids is 1. The molecular weight excluding hydrogens is 222 g/mol. The lowest BCUT2D eigenvalue weighted by Crippen LogP contribution is -2.28. The molecule has 2 rings (SSSR count). The predicted molar refractivity (Wildman–Crippen MR) is 59.9 cm³/mol. The summed E-state index contributed by atoms with van der Waals surface area (Å²) >= 11 is 0. The largest absolute Gasteiger partial charge is 0.382 e. The SMILES string of the molecule is CC(NC(=O)c1cc(N)n[nH]1)c1nncn1C. The standard InChI is InChI=1S/C9H13N7O/c1-5(8-15-11-4-16(8)2)12-9(17)6-3-7(10)14-13-6/h3-5H,1-2H3,(H,12,17)(H3,10,13,14). The number of aryl methyl sites for hydroxylation is 1. The molecule has 1 amide bonds. The van der Waals surface area contributed by atoms with E-state index in [4.69, 9.17) is 5.73 Å². The van der Waals surface area contributed by atoms with E-state index in [1.54, 1.807) is 10.9 Å². The Morgan fingerprint density at radius 1 is 1.65 bits per heavy atom. The Morgan fingerprint density at radius 2 is 2.41 bits per heavy atom. The molecule has 17 heavy (non-hydrogen) atoms. The number of rotatable bonds is 3. The highest BCUT2D eigenvalue weighted by atomic mass is 16.2. The highest BCUT2D eigenvalue weighted by Gasteiger charge is 2.16. The molecule has 0 radical (unpaired) electrons. The van der Waals surface area contributed by atoms with Gasteiger partial charge in [0.15, 0.2) is 5.82 Å². The van der Waals surface area contributed by atoms with Gasteiger partial charge in [0.1, 0.15) is 17.8 Å². The van der Waals surface area contributed by atoms with Gasteiger partial charge in [-0.25, -0.2) is 0 Å². The molecule has 2 aromatic heterocycles. The van der Waals surface area contributed by atoms with E-state index in [0.29, 0.717) is 11.5 Å². The average molecular weight is 235 g/mol. The first-order valence-corrected chi connectivity index (χ1v) is 5.03. The monoisotopic (exact) mass is 235 g/mol. The van der Waals surface area contributed by atoms with Crippen LogP contribution in [0.25, 0.3) is 0 Å². The maximum atomic E-state index is 11.8. The number of amides is 1. The average Bonchev–Trinajstić information content (AvgIpc) is 2.86. The molecule has 0 aliphatic rings. The van der Waals surface area contributed by atoms with Crippen LogP contribution in [0.5, 0.6) is 0 Å². The fourth-order valence-corrected chi connectivity index (χ4v) is 1.48. The molecule has 0 aliphatic carbocycles. The Hall–Kier alpha value is -2.38. The predicted octanol–water partition coefficient (Wildman–Crippen LogP) is -0.389. The second-order valence-electron chi connectivity index (χ2n) is 3.70. The molecule has 0 fully saturated rings. The van der Waals surface area contributed by atoms with E-state index in [1.807, 2.05) is 14.0 Å². The van der Waals surface area contributed by atoms with Crippen LogP contribution in [-0.4, -0.2) is 30.9 Å². The Balaban J connectivity index is 2.07. The van der Waals surface area contributed by atoms with Crippen LogP contribution in [0, 0.1) is 0 Å². The summed E-state index contributed by atoms with van der Waals surface area (Å²) in [6, 6.07) is 1.22. The molecule has 1 unspecified atom stereocenters. The fraction of sp³-hybridized carbons (Fsp3) is 0.333. The normalized spacial score (nSPS) is 12.4. The minimum absolute atomic E-state index is 0.250. The Bertz CT molecular complexity index is 529. The third-order valence-corrected chi connectivity index (χ3v) is 2.32. The topological polar surface area (TPSA) is 115 Å². The first-order chi connectivity index (χ1) is 8.08. The minimum atomic E-state index is -0.287. The quantitative estimate of drug-likeness (QED) is 0.670. The Kier molecular flexibility index (Phi) is 2.77. The third kappa shape index (κ3) is 2.25. The molecule has 0 aromatic carbocycles. The molecule has 0 bridgehead atoms. The van der Waals surface area contributed by atoms with E-state index in [-0.39, 0.29) is 17.8 Å². The zero-order chi connectivity index (χ0) is 12.4. The fourth-order valence-electron chi connectivity index (χ4n) is 1.48. The molecule has 2 aromatic rings. The van der Waals surface area contributed by atoms with Crippen LogP contribution >= 0.6 is 0 Å². The van der Waals surface area contributed by atoms with E-state index in [1.165, 1.54) is 6.07 Å². The number of aromatic amines is 1.